The molecule has 0 fully saturated rings. The molecule has 70 valence electrons. The number of aryl methyl sites for hydroxylation is 1. The highest BCUT2D eigenvalue weighted by Crippen LogP contribution is 1.99. The molecule has 0 saturated heterocycles. The van der Waals surface area contributed by atoms with Gasteiger partial charge in [0.05, 0.1) is 6.61 Å². The number of unbranched alkanes of at least 4 members (excludes halogenated alkanes) is 1. The minimum absolute atomic E-state index is 0.477. The average molecular weight is 180 g/mol. The Hall–Kier alpha value is -1.45. The van der Waals surface area contributed by atoms with Crippen molar-refractivity contribution < 1.29 is 9.53 Å². The van der Waals surface area contributed by atoms with Crippen LogP contribution in [0.5, 0.6) is 0 Å². The van der Waals surface area contributed by atoms with E-state index in [4.69, 9.17) is 0 Å². The first-order chi connectivity index (χ1) is 6.43. The Morgan fingerprint density at radius 2 is 2.38 bits per heavy atom. The predicted molar refractivity (Wildman–Crippen MR) is 47.0 cm³/mol. The monoisotopic (exact) mass is 180 g/mol. The van der Waals surface area contributed by atoms with Crippen LogP contribution in [0, 0.1) is 0 Å². The van der Waals surface area contributed by atoms with Crippen molar-refractivity contribution in [3.05, 3.63) is 24.3 Å². The van der Waals surface area contributed by atoms with Crippen LogP contribution >= 0.6 is 0 Å². The van der Waals surface area contributed by atoms with E-state index in [0.717, 1.165) is 25.0 Å². The maximum atomic E-state index is 9.80. The van der Waals surface area contributed by atoms with Crippen LogP contribution in [0.2, 0.25) is 0 Å². The molecule has 0 aromatic carbocycles. The molecule has 0 aliphatic carbocycles. The molecule has 0 spiro atoms. The summed E-state index contributed by atoms with van der Waals surface area (Å²) in [5.74, 6) is 0. The summed E-state index contributed by atoms with van der Waals surface area (Å²) in [5.41, 5.74) is 1.03. The van der Waals surface area contributed by atoms with Gasteiger partial charge in [-0.05, 0) is 25.3 Å². The second-order valence-corrected chi connectivity index (χ2v) is 2.62. The molecule has 0 atom stereocenters. The first-order valence-corrected chi connectivity index (χ1v) is 4.23. The Balaban J connectivity index is 2.10. The molecule has 0 aliphatic rings. The fourth-order valence-corrected chi connectivity index (χ4v) is 1.01. The lowest BCUT2D eigenvalue weighted by Crippen LogP contribution is -1.95. The van der Waals surface area contributed by atoms with Crippen LogP contribution in [0.4, 0.5) is 0 Å². The molecular formula is C9H12N2O2. The Morgan fingerprint density at radius 3 is 3.08 bits per heavy atom. The van der Waals surface area contributed by atoms with Crippen LogP contribution in [0.3, 0.4) is 0 Å². The summed E-state index contributed by atoms with van der Waals surface area (Å²) >= 11 is 0. The van der Waals surface area contributed by atoms with Gasteiger partial charge < -0.3 is 4.74 Å². The Labute approximate surface area is 77.0 Å². The molecular weight excluding hydrogens is 168 g/mol. The highest BCUT2D eigenvalue weighted by atomic mass is 16.5. The minimum Gasteiger partial charge on any atom is -0.468 e. The van der Waals surface area contributed by atoms with Crippen LogP contribution in [0.25, 0.3) is 0 Å². The van der Waals surface area contributed by atoms with Gasteiger partial charge in [0.25, 0.3) is 6.47 Å². The van der Waals surface area contributed by atoms with E-state index in [1.807, 2.05) is 6.07 Å². The van der Waals surface area contributed by atoms with Gasteiger partial charge in [0.1, 0.15) is 6.33 Å². The zero-order valence-corrected chi connectivity index (χ0v) is 7.35. The molecule has 0 unspecified atom stereocenters. The molecule has 0 radical (unpaired) electrons. The smallest absolute Gasteiger partial charge is 0.293 e. The topological polar surface area (TPSA) is 52.1 Å². The fourth-order valence-electron chi connectivity index (χ4n) is 1.01. The zero-order chi connectivity index (χ0) is 9.36. The molecule has 13 heavy (non-hydrogen) atoms. The van der Waals surface area contributed by atoms with Gasteiger partial charge >= 0.3 is 0 Å². The molecule has 4 nitrogen and oxygen atoms in total. The lowest BCUT2D eigenvalue weighted by atomic mass is 10.2. The van der Waals surface area contributed by atoms with Gasteiger partial charge in [-0.15, -0.1) is 0 Å². The first kappa shape index (κ1) is 9.64. The second-order valence-electron chi connectivity index (χ2n) is 2.62. The fraction of sp³-hybridized carbons (Fsp3) is 0.444. The van der Waals surface area contributed by atoms with Crippen molar-refractivity contribution in [3.63, 3.8) is 0 Å². The normalized spacial score (nSPS) is 9.54. The summed E-state index contributed by atoms with van der Waals surface area (Å²) in [5, 5.41) is 0. The maximum Gasteiger partial charge on any atom is 0.293 e. The minimum atomic E-state index is 0.477. The quantitative estimate of drug-likeness (QED) is 0.483. The number of aromatic nitrogens is 2. The Morgan fingerprint density at radius 1 is 1.46 bits per heavy atom. The van der Waals surface area contributed by atoms with Crippen molar-refractivity contribution >= 4 is 6.47 Å². The lowest BCUT2D eigenvalue weighted by Gasteiger charge is -1.99. The standard InChI is InChI=1S/C9H12N2O2/c12-8-13-6-2-1-3-9-4-5-10-7-11-9/h4-5,7-8H,1-3,6H2. The van der Waals surface area contributed by atoms with Crippen molar-refractivity contribution in [2.24, 2.45) is 0 Å². The molecule has 0 amide bonds. The maximum absolute atomic E-state index is 9.80. The predicted octanol–water partition coefficient (Wildman–Crippen LogP) is 0.972. The van der Waals surface area contributed by atoms with Crippen molar-refractivity contribution in [3.8, 4) is 0 Å². The van der Waals surface area contributed by atoms with E-state index in [1.165, 1.54) is 6.33 Å². The first-order valence-electron chi connectivity index (χ1n) is 4.23. The number of nitrogens with zero attached hydrogens (tertiary/aromatic N) is 2. The van der Waals surface area contributed by atoms with Gasteiger partial charge in [-0.25, -0.2) is 9.97 Å². The molecule has 0 N–H and O–H groups in total. The van der Waals surface area contributed by atoms with E-state index >= 15 is 0 Å². The van der Waals surface area contributed by atoms with Crippen LogP contribution < -0.4 is 0 Å². The van der Waals surface area contributed by atoms with E-state index < -0.39 is 0 Å². The van der Waals surface area contributed by atoms with Gasteiger partial charge in [0, 0.05) is 11.9 Å². The van der Waals surface area contributed by atoms with Gasteiger partial charge in [0.2, 0.25) is 0 Å². The van der Waals surface area contributed by atoms with Crippen LogP contribution in [-0.4, -0.2) is 23.0 Å². The summed E-state index contributed by atoms with van der Waals surface area (Å²) in [4.78, 5) is 17.7. The molecule has 1 aromatic rings. The Kier molecular flexibility index (Phi) is 4.53. The van der Waals surface area contributed by atoms with Crippen molar-refractivity contribution in [1.82, 2.24) is 9.97 Å². The van der Waals surface area contributed by atoms with E-state index in [2.05, 4.69) is 14.7 Å². The van der Waals surface area contributed by atoms with Crippen molar-refractivity contribution in [2.45, 2.75) is 19.3 Å². The number of hydrogen-bond acceptors (Lipinski definition) is 4. The summed E-state index contributed by atoms with van der Waals surface area (Å²) in [7, 11) is 0. The molecule has 1 heterocycles. The third-order valence-corrected chi connectivity index (χ3v) is 1.66. The number of carbonyl (C=O) groups is 1. The van der Waals surface area contributed by atoms with E-state index in [9.17, 15) is 4.79 Å². The van der Waals surface area contributed by atoms with Gasteiger partial charge in [-0.1, -0.05) is 0 Å². The zero-order valence-electron chi connectivity index (χ0n) is 7.35. The van der Waals surface area contributed by atoms with Crippen LogP contribution in [-0.2, 0) is 16.0 Å². The number of hydrogen-bond donors (Lipinski definition) is 0. The largest absolute Gasteiger partial charge is 0.468 e. The number of rotatable bonds is 6. The van der Waals surface area contributed by atoms with E-state index in [-0.39, 0.29) is 0 Å². The lowest BCUT2D eigenvalue weighted by molar-refractivity contribution is -0.128. The third-order valence-electron chi connectivity index (χ3n) is 1.66. The molecule has 4 heteroatoms. The van der Waals surface area contributed by atoms with Crippen molar-refractivity contribution in [1.29, 1.82) is 0 Å². The summed E-state index contributed by atoms with van der Waals surface area (Å²) < 4.78 is 4.56. The highest BCUT2D eigenvalue weighted by molar-refractivity contribution is 5.36. The van der Waals surface area contributed by atoms with Crippen LogP contribution in [0.1, 0.15) is 18.5 Å². The average Bonchev–Trinajstić information content (AvgIpc) is 2.19. The number of carbonyl (C=O) groups excluding carboxylic acids is 1. The van der Waals surface area contributed by atoms with Gasteiger partial charge in [0.15, 0.2) is 0 Å². The molecule has 0 bridgehead atoms. The molecule has 0 saturated carbocycles. The number of ether oxygens (including phenoxy) is 1. The molecule has 1 aromatic heterocycles. The summed E-state index contributed by atoms with van der Waals surface area (Å²) in [6, 6.07) is 1.89. The third kappa shape index (κ3) is 4.20. The van der Waals surface area contributed by atoms with Crippen molar-refractivity contribution in [2.75, 3.05) is 6.61 Å². The SMILES string of the molecule is O=COCCCCc1ccncn1. The van der Waals surface area contributed by atoms with E-state index in [0.29, 0.717) is 13.1 Å². The Bertz CT molecular complexity index is 239. The highest BCUT2D eigenvalue weighted by Gasteiger charge is 1.93. The van der Waals surface area contributed by atoms with E-state index in [1.54, 1.807) is 6.20 Å². The van der Waals surface area contributed by atoms with Crippen LogP contribution in [0.15, 0.2) is 18.6 Å². The second kappa shape index (κ2) is 6.11. The molecule has 0 aliphatic heterocycles. The summed E-state index contributed by atoms with van der Waals surface area (Å²) in [6.07, 6.45) is 6.03. The van der Waals surface area contributed by atoms with Gasteiger partial charge in [-0.3, -0.25) is 4.79 Å². The molecule has 1 rings (SSSR count). The summed E-state index contributed by atoms with van der Waals surface area (Å²) in [6.45, 7) is 0.971. The van der Waals surface area contributed by atoms with Gasteiger partial charge in [-0.2, -0.15) is 0 Å².